The summed E-state index contributed by atoms with van der Waals surface area (Å²) in [6, 6.07) is 34.6. The number of nitrogens with one attached hydrogen (secondary N) is 4. The molecule has 0 unspecified atom stereocenters. The molecule has 4 heterocycles. The number of unbranched alkanes of at least 4 members (excludes halogenated alkanes) is 2. The van der Waals surface area contributed by atoms with Gasteiger partial charge < -0.3 is 40.2 Å². The van der Waals surface area contributed by atoms with Crippen molar-refractivity contribution in [2.24, 2.45) is 5.41 Å². The van der Waals surface area contributed by atoms with E-state index in [4.69, 9.17) is 4.98 Å². The number of aryl methyl sites for hydroxylation is 1. The monoisotopic (exact) mass is 1070 g/mol. The van der Waals surface area contributed by atoms with Crippen LogP contribution in [-0.2, 0) is 32.3 Å². The molecule has 15 nitrogen and oxygen atoms in total. The number of aliphatic hydroxyl groups excluding tert-OH is 2. The van der Waals surface area contributed by atoms with Crippen molar-refractivity contribution < 1.29 is 29.4 Å². The van der Waals surface area contributed by atoms with Gasteiger partial charge in [-0.15, -0.1) is 11.3 Å². The zero-order chi connectivity index (χ0) is 54.9. The summed E-state index contributed by atoms with van der Waals surface area (Å²) in [5.74, 6) is 4.88. The molecule has 7 aromatic rings. The van der Waals surface area contributed by atoms with E-state index >= 15 is 0 Å². The van der Waals surface area contributed by atoms with E-state index in [1.54, 1.807) is 17.7 Å². The Labute approximate surface area is 459 Å². The van der Waals surface area contributed by atoms with Crippen LogP contribution in [0.4, 0.5) is 0 Å². The van der Waals surface area contributed by atoms with Crippen LogP contribution in [0.15, 0.2) is 121 Å². The van der Waals surface area contributed by atoms with Crippen LogP contribution in [-0.4, -0.2) is 95.2 Å². The average molecular weight is 1070 g/mol. The van der Waals surface area contributed by atoms with Crippen molar-refractivity contribution in [2.75, 3.05) is 13.1 Å². The molecule has 16 heteroatoms. The molecule has 1 aliphatic heterocycles. The third-order valence-corrected chi connectivity index (χ3v) is 15.8. The van der Waals surface area contributed by atoms with Gasteiger partial charge in [0.15, 0.2) is 0 Å². The number of hydrogen-bond donors (Lipinski definition) is 6. The molecule has 78 heavy (non-hydrogen) atoms. The molecule has 2 aliphatic rings. The first-order valence-corrected chi connectivity index (χ1v) is 27.9. The van der Waals surface area contributed by atoms with Crippen molar-refractivity contribution in [3.63, 3.8) is 0 Å². The molecule has 0 spiro atoms. The quantitative estimate of drug-likeness (QED) is 0.0385. The summed E-state index contributed by atoms with van der Waals surface area (Å²) in [7, 11) is 0. The van der Waals surface area contributed by atoms with Crippen molar-refractivity contribution in [3.8, 4) is 44.7 Å². The Morgan fingerprint density at radius 2 is 1.53 bits per heavy atom. The Kier molecular flexibility index (Phi) is 17.5. The Morgan fingerprint density at radius 1 is 0.808 bits per heavy atom. The van der Waals surface area contributed by atoms with Gasteiger partial charge in [-0.25, -0.2) is 9.97 Å². The highest BCUT2D eigenvalue weighted by Crippen LogP contribution is 2.40. The fourth-order valence-electron chi connectivity index (χ4n) is 10.7. The van der Waals surface area contributed by atoms with Crippen molar-refractivity contribution in [1.29, 1.82) is 5.41 Å². The van der Waals surface area contributed by atoms with Crippen molar-refractivity contribution in [2.45, 2.75) is 129 Å². The van der Waals surface area contributed by atoms with Crippen LogP contribution in [0, 0.1) is 29.6 Å². The summed E-state index contributed by atoms with van der Waals surface area (Å²) in [4.78, 5) is 65.7. The highest BCUT2D eigenvalue weighted by molar-refractivity contribution is 7.13. The zero-order valence-electron chi connectivity index (χ0n) is 44.8. The highest BCUT2D eigenvalue weighted by Gasteiger charge is 2.44. The number of rotatable bonds is 17. The van der Waals surface area contributed by atoms with Crippen LogP contribution >= 0.6 is 11.3 Å². The fourth-order valence-corrected chi connectivity index (χ4v) is 11.5. The van der Waals surface area contributed by atoms with Crippen molar-refractivity contribution in [3.05, 3.63) is 149 Å². The van der Waals surface area contributed by atoms with Gasteiger partial charge in [-0.2, -0.15) is 0 Å². The third kappa shape index (κ3) is 13.0. The van der Waals surface area contributed by atoms with Crippen LogP contribution in [0.2, 0.25) is 0 Å². The number of carbonyl (C=O) groups is 4. The van der Waals surface area contributed by atoms with Crippen LogP contribution in [0.25, 0.3) is 43.9 Å². The highest BCUT2D eigenvalue weighted by atomic mass is 32.1. The number of fused-ring (bicyclic) bond motifs is 1. The minimum absolute atomic E-state index is 0.0461. The minimum atomic E-state index is -1.03. The van der Waals surface area contributed by atoms with Gasteiger partial charge in [0.05, 0.1) is 52.2 Å². The van der Waals surface area contributed by atoms with Gasteiger partial charge in [0.25, 0.3) is 0 Å². The number of nitrogens with zero attached hydrogens (tertiary/aromatic N) is 5. The molecule has 1 saturated heterocycles. The second-order valence-corrected chi connectivity index (χ2v) is 22.5. The fraction of sp³-hybridized carbons (Fsp3) is 0.371. The van der Waals surface area contributed by atoms with Crippen LogP contribution in [0.1, 0.15) is 107 Å². The van der Waals surface area contributed by atoms with Crippen molar-refractivity contribution in [1.82, 2.24) is 40.0 Å². The zero-order valence-corrected chi connectivity index (χ0v) is 45.6. The molecule has 4 aromatic carbocycles. The number of aliphatic hydroxyl groups is 2. The molecular formula is C62H69N9O6S. The van der Waals surface area contributed by atoms with Crippen LogP contribution < -0.4 is 21.4 Å². The molecule has 0 radical (unpaired) electrons. The van der Waals surface area contributed by atoms with Crippen molar-refractivity contribution >= 4 is 46.0 Å². The molecule has 404 valence electrons. The van der Waals surface area contributed by atoms with E-state index in [0.29, 0.717) is 44.1 Å². The predicted octanol–water partition coefficient (Wildman–Crippen LogP) is 8.44. The van der Waals surface area contributed by atoms with E-state index in [-0.39, 0.29) is 50.5 Å². The Morgan fingerprint density at radius 3 is 2.22 bits per heavy atom. The molecule has 3 atom stereocenters. The number of carbonyl (C=O) groups excluding carboxylic acids is 4. The van der Waals surface area contributed by atoms with Gasteiger partial charge in [-0.05, 0) is 90.8 Å². The van der Waals surface area contributed by atoms with Gasteiger partial charge in [-0.3, -0.25) is 24.6 Å². The maximum atomic E-state index is 14.1. The number of benzene rings is 4. The Hall–Kier alpha value is -7.71. The number of aromatic nitrogens is 4. The van der Waals surface area contributed by atoms with Gasteiger partial charge in [0.2, 0.25) is 23.6 Å². The van der Waals surface area contributed by atoms with E-state index in [1.165, 1.54) is 4.90 Å². The molecule has 9 rings (SSSR count). The summed E-state index contributed by atoms with van der Waals surface area (Å²) in [5, 5.41) is 39.8. The Balaban J connectivity index is 0.782. The lowest BCUT2D eigenvalue weighted by molar-refractivity contribution is -0.144. The molecular weight excluding hydrogens is 999 g/mol. The second kappa shape index (κ2) is 24.7. The predicted molar refractivity (Wildman–Crippen MR) is 304 cm³/mol. The standard InChI is InChI=1S/C62H69N9O6S/c1-40-56(78-39-67-40)46-26-24-42(25-27-46)34-65-60(76)50-33-49(73)37-69(50)61(77)57(62(2,3)4)68-52(75)35-64-51(74)23-14-6-5-9-16-41-17-15-18-43(32-41)36-70-55(45-21-12-8-13-22-45)53(44-19-10-7-11-20-44)54-58(63)71(38-66-59(54)70)47-28-30-48(72)31-29-47/h7-8,10-13,15,17-22,24-27,32,38-39,47-50,57,63,72-73H,5-6,14,23,28-31,33-37H2,1-4H3,(H,64,74)(H,65,76)(H,68,75)/t47?,48?,49-,50+,57-/m1/s1. The number of β-amino-alcohol motifs (C(OH)–C–C–N with tert-alkyl or cyclic N) is 1. The maximum absolute atomic E-state index is 14.1. The second-order valence-electron chi connectivity index (χ2n) is 21.6. The van der Waals surface area contributed by atoms with E-state index in [0.717, 1.165) is 79.1 Å². The third-order valence-electron chi connectivity index (χ3n) is 14.8. The normalized spacial score (nSPS) is 17.7. The number of amides is 4. The molecule has 3 aromatic heterocycles. The smallest absolute Gasteiger partial charge is 0.246 e. The molecule has 6 N–H and O–H groups in total. The van der Waals surface area contributed by atoms with E-state index in [2.05, 4.69) is 73.7 Å². The molecule has 4 amide bonds. The molecule has 1 aliphatic carbocycles. The van der Waals surface area contributed by atoms with Gasteiger partial charge in [0.1, 0.15) is 23.2 Å². The largest absolute Gasteiger partial charge is 0.393 e. The van der Waals surface area contributed by atoms with Gasteiger partial charge in [0, 0.05) is 56.1 Å². The number of hydrogen-bond acceptors (Lipinski definition) is 10. The number of thiazole rings is 1. The maximum Gasteiger partial charge on any atom is 0.246 e. The van der Waals surface area contributed by atoms with Crippen LogP contribution in [0.5, 0.6) is 0 Å². The first-order valence-electron chi connectivity index (χ1n) is 27.0. The molecule has 1 saturated carbocycles. The minimum Gasteiger partial charge on any atom is -0.393 e. The van der Waals surface area contributed by atoms with E-state index in [1.807, 2.05) is 111 Å². The average Bonchev–Trinajstić information content (AvgIpc) is 4.37. The van der Waals surface area contributed by atoms with E-state index in [9.17, 15) is 34.8 Å². The lowest BCUT2D eigenvalue weighted by atomic mass is 9.85. The molecule has 0 bridgehead atoms. The SMILES string of the molecule is Cc1ncsc1-c1ccc(CNC(=O)[C@@H]2C[C@@H](O)CN2C(=O)[C@@H](NC(=O)CNC(=O)CCCCC#Cc2cccc(Cn3c(-c4ccccc4)c(-c4ccccc4)c4c(=N)n(C5CCC(O)CC5)cnc43)c2)C(C)(C)C)cc1. The van der Waals surface area contributed by atoms with Gasteiger partial charge >= 0.3 is 0 Å². The Bertz CT molecular complexity index is 3380. The summed E-state index contributed by atoms with van der Waals surface area (Å²) in [6.07, 6.45) is 5.65. The lowest BCUT2D eigenvalue weighted by Gasteiger charge is -2.35. The number of likely N-dealkylation sites (tertiary alicyclic amines) is 1. The molecule has 2 fully saturated rings. The lowest BCUT2D eigenvalue weighted by Crippen LogP contribution is -2.58. The summed E-state index contributed by atoms with van der Waals surface area (Å²) in [6.45, 7) is 7.76. The summed E-state index contributed by atoms with van der Waals surface area (Å²) >= 11 is 1.57. The topological polar surface area (TPSA) is 208 Å². The summed E-state index contributed by atoms with van der Waals surface area (Å²) < 4.78 is 4.21. The van der Waals surface area contributed by atoms with E-state index < -0.39 is 41.3 Å². The first-order chi connectivity index (χ1) is 37.6. The summed E-state index contributed by atoms with van der Waals surface area (Å²) in [5.41, 5.74) is 10.9. The van der Waals surface area contributed by atoms with Crippen LogP contribution in [0.3, 0.4) is 0 Å². The van der Waals surface area contributed by atoms with Gasteiger partial charge in [-0.1, -0.05) is 130 Å². The first kappa shape index (κ1) is 55.1.